The number of carbonyl (C=O) groups excluding carboxylic acids is 2. The van der Waals surface area contributed by atoms with Crippen LogP contribution in [0.2, 0.25) is 5.02 Å². The molecule has 1 aliphatic heterocycles. The van der Waals surface area contributed by atoms with Crippen molar-refractivity contribution in [1.82, 2.24) is 9.80 Å². The van der Waals surface area contributed by atoms with Gasteiger partial charge in [0.2, 0.25) is 5.91 Å². The fraction of sp³-hybridized carbons (Fsp3) is 0.400. The highest BCUT2D eigenvalue weighted by molar-refractivity contribution is 7.10. The van der Waals surface area contributed by atoms with Gasteiger partial charge in [0.25, 0.3) is 0 Å². The van der Waals surface area contributed by atoms with Gasteiger partial charge in [-0.05, 0) is 73.0 Å². The Labute approximate surface area is 234 Å². The van der Waals surface area contributed by atoms with Crippen molar-refractivity contribution in [2.45, 2.75) is 46.6 Å². The summed E-state index contributed by atoms with van der Waals surface area (Å²) in [5, 5.41) is 5.53. The van der Waals surface area contributed by atoms with Gasteiger partial charge in [-0.3, -0.25) is 4.79 Å². The number of amides is 3. The molecular weight excluding hydrogens is 518 g/mol. The maximum absolute atomic E-state index is 13.8. The number of rotatable bonds is 9. The molecule has 0 unspecified atom stereocenters. The Hall–Kier alpha value is -3.03. The molecule has 0 bridgehead atoms. The van der Waals surface area contributed by atoms with Crippen LogP contribution in [0.3, 0.4) is 0 Å². The summed E-state index contributed by atoms with van der Waals surface area (Å²) < 4.78 is 6.27. The number of benzene rings is 2. The number of ether oxygens (including phenoxy) is 1. The largest absolute Gasteiger partial charge is 0.491 e. The second-order valence-electron chi connectivity index (χ2n) is 10.1. The Morgan fingerprint density at radius 1 is 1.21 bits per heavy atom. The minimum atomic E-state index is -0.308. The van der Waals surface area contributed by atoms with Crippen LogP contribution in [0.15, 0.2) is 53.9 Å². The molecule has 8 heteroatoms. The van der Waals surface area contributed by atoms with E-state index in [1.54, 1.807) is 40.5 Å². The second-order valence-corrected chi connectivity index (χ2v) is 11.5. The second kappa shape index (κ2) is 12.7. The number of aryl methyl sites for hydroxylation is 2. The molecule has 2 atom stereocenters. The Morgan fingerprint density at radius 2 is 2.03 bits per heavy atom. The molecule has 0 saturated carbocycles. The van der Waals surface area contributed by atoms with Gasteiger partial charge in [-0.2, -0.15) is 0 Å². The van der Waals surface area contributed by atoms with E-state index in [0.717, 1.165) is 29.7 Å². The lowest BCUT2D eigenvalue weighted by Gasteiger charge is -2.37. The zero-order valence-electron chi connectivity index (χ0n) is 22.5. The van der Waals surface area contributed by atoms with E-state index in [4.69, 9.17) is 16.3 Å². The van der Waals surface area contributed by atoms with E-state index >= 15 is 0 Å². The minimum Gasteiger partial charge on any atom is -0.491 e. The predicted octanol–water partition coefficient (Wildman–Crippen LogP) is 7.10. The van der Waals surface area contributed by atoms with Gasteiger partial charge in [-0.15, -0.1) is 11.3 Å². The van der Waals surface area contributed by atoms with Crippen molar-refractivity contribution in [3.8, 4) is 5.75 Å². The third kappa shape index (κ3) is 6.88. The number of nitrogens with zero attached hydrogens (tertiary/aromatic N) is 2. The first-order valence-electron chi connectivity index (χ1n) is 13.1. The standard InChI is InChI=1S/C30H36ClN3O3S/c1-5-20(2)17-33(30(36)32-24-8-6-7-23(31)16-24)18-29(35)34-13-11-28-25(12-14-38-28)26(34)19-37-27-10-9-21(3)15-22(27)4/h6-10,12,14-16,20,26H,5,11,13,17-19H2,1-4H3,(H,32,36)/t20-,26-/m1/s1. The first-order valence-corrected chi connectivity index (χ1v) is 14.4. The average Bonchev–Trinajstić information content (AvgIpc) is 3.36. The number of hydrogen-bond donors (Lipinski definition) is 1. The zero-order valence-corrected chi connectivity index (χ0v) is 24.1. The van der Waals surface area contributed by atoms with Crippen molar-refractivity contribution in [1.29, 1.82) is 0 Å². The molecule has 3 aromatic rings. The maximum Gasteiger partial charge on any atom is 0.322 e. The summed E-state index contributed by atoms with van der Waals surface area (Å²) in [6.45, 7) is 9.70. The number of carbonyl (C=O) groups is 2. The van der Waals surface area contributed by atoms with Gasteiger partial charge < -0.3 is 19.9 Å². The van der Waals surface area contributed by atoms with Gasteiger partial charge in [0.1, 0.15) is 18.9 Å². The van der Waals surface area contributed by atoms with E-state index in [1.165, 1.54) is 10.4 Å². The fourth-order valence-electron chi connectivity index (χ4n) is 4.75. The van der Waals surface area contributed by atoms with Crippen LogP contribution < -0.4 is 10.1 Å². The molecule has 0 saturated heterocycles. The number of urea groups is 1. The predicted molar refractivity (Wildman–Crippen MR) is 155 cm³/mol. The third-order valence-electron chi connectivity index (χ3n) is 7.06. The molecule has 202 valence electrons. The van der Waals surface area contributed by atoms with Gasteiger partial charge in [0.05, 0.1) is 6.04 Å². The lowest BCUT2D eigenvalue weighted by atomic mass is 10.00. The summed E-state index contributed by atoms with van der Waals surface area (Å²) in [5.41, 5.74) is 3.99. The van der Waals surface area contributed by atoms with Crippen molar-refractivity contribution in [3.05, 3.63) is 80.5 Å². The summed E-state index contributed by atoms with van der Waals surface area (Å²) in [4.78, 5) is 31.9. The van der Waals surface area contributed by atoms with E-state index in [0.29, 0.717) is 30.4 Å². The molecule has 0 radical (unpaired) electrons. The van der Waals surface area contributed by atoms with Crippen LogP contribution >= 0.6 is 22.9 Å². The molecule has 0 fully saturated rings. The quantitative estimate of drug-likeness (QED) is 0.307. The smallest absolute Gasteiger partial charge is 0.322 e. The van der Waals surface area contributed by atoms with Crippen LogP contribution in [0.25, 0.3) is 0 Å². The Balaban J connectivity index is 1.52. The van der Waals surface area contributed by atoms with E-state index in [9.17, 15) is 9.59 Å². The highest BCUT2D eigenvalue weighted by Gasteiger charge is 2.34. The lowest BCUT2D eigenvalue weighted by molar-refractivity contribution is -0.135. The number of anilines is 1. The average molecular weight is 554 g/mol. The molecule has 0 aliphatic carbocycles. The van der Waals surface area contributed by atoms with Crippen molar-refractivity contribution >= 4 is 40.6 Å². The van der Waals surface area contributed by atoms with E-state index in [1.807, 2.05) is 24.0 Å². The number of fused-ring (bicyclic) bond motifs is 1. The van der Waals surface area contributed by atoms with Gasteiger partial charge in [-0.25, -0.2) is 4.79 Å². The van der Waals surface area contributed by atoms with E-state index in [2.05, 4.69) is 43.6 Å². The van der Waals surface area contributed by atoms with Crippen LogP contribution in [0.5, 0.6) is 5.75 Å². The van der Waals surface area contributed by atoms with Gasteiger partial charge in [0.15, 0.2) is 0 Å². The summed E-state index contributed by atoms with van der Waals surface area (Å²) in [7, 11) is 0. The van der Waals surface area contributed by atoms with Crippen LogP contribution in [0.1, 0.15) is 47.9 Å². The molecule has 3 amide bonds. The molecule has 2 aromatic carbocycles. The SMILES string of the molecule is CC[C@@H](C)CN(CC(=O)N1CCc2sccc2[C@H]1COc1ccc(C)cc1C)C(=O)Nc1cccc(Cl)c1. The topological polar surface area (TPSA) is 61.9 Å². The maximum atomic E-state index is 13.8. The van der Waals surface area contributed by atoms with Crippen molar-refractivity contribution in [2.75, 3.05) is 31.6 Å². The zero-order chi connectivity index (χ0) is 27.2. The van der Waals surface area contributed by atoms with Crippen molar-refractivity contribution < 1.29 is 14.3 Å². The summed E-state index contributed by atoms with van der Waals surface area (Å²) in [6, 6.07) is 14.7. The molecule has 1 N–H and O–H groups in total. The Kier molecular flexibility index (Phi) is 9.34. The molecule has 2 heterocycles. The van der Waals surface area contributed by atoms with Crippen LogP contribution in [-0.4, -0.2) is 48.0 Å². The van der Waals surface area contributed by atoms with Crippen LogP contribution in [0.4, 0.5) is 10.5 Å². The first-order chi connectivity index (χ1) is 18.2. The summed E-state index contributed by atoms with van der Waals surface area (Å²) >= 11 is 7.83. The monoisotopic (exact) mass is 553 g/mol. The lowest BCUT2D eigenvalue weighted by Crippen LogP contribution is -2.49. The number of halogens is 1. The number of hydrogen-bond acceptors (Lipinski definition) is 4. The normalized spacial score (nSPS) is 15.5. The van der Waals surface area contributed by atoms with Gasteiger partial charge in [0, 0.05) is 28.7 Å². The molecule has 6 nitrogen and oxygen atoms in total. The molecule has 1 aromatic heterocycles. The highest BCUT2D eigenvalue weighted by atomic mass is 35.5. The summed E-state index contributed by atoms with van der Waals surface area (Å²) in [6.07, 6.45) is 1.71. The first kappa shape index (κ1) is 28.0. The summed E-state index contributed by atoms with van der Waals surface area (Å²) in [5.74, 6) is 0.992. The molecule has 38 heavy (non-hydrogen) atoms. The number of thiophene rings is 1. The molecule has 4 rings (SSSR count). The van der Waals surface area contributed by atoms with Gasteiger partial charge in [-0.1, -0.05) is 55.6 Å². The molecule has 1 aliphatic rings. The van der Waals surface area contributed by atoms with E-state index < -0.39 is 0 Å². The minimum absolute atomic E-state index is 0.00370. The van der Waals surface area contributed by atoms with Crippen LogP contribution in [-0.2, 0) is 11.2 Å². The van der Waals surface area contributed by atoms with Crippen molar-refractivity contribution in [3.63, 3.8) is 0 Å². The molecule has 0 spiro atoms. The third-order valence-corrected chi connectivity index (χ3v) is 8.29. The van der Waals surface area contributed by atoms with Gasteiger partial charge >= 0.3 is 6.03 Å². The Morgan fingerprint density at radius 3 is 2.76 bits per heavy atom. The van der Waals surface area contributed by atoms with Crippen molar-refractivity contribution in [2.24, 2.45) is 5.92 Å². The number of nitrogens with one attached hydrogen (secondary N) is 1. The highest BCUT2D eigenvalue weighted by Crippen LogP contribution is 2.34. The van der Waals surface area contributed by atoms with Crippen LogP contribution in [0, 0.1) is 19.8 Å². The van der Waals surface area contributed by atoms with E-state index in [-0.39, 0.29) is 30.4 Å². The molecular formula is C30H36ClN3O3S. The fourth-order valence-corrected chi connectivity index (χ4v) is 5.87. The Bertz CT molecular complexity index is 1280.